The molecule has 10 nitrogen and oxygen atoms in total. The third kappa shape index (κ3) is 4.48. The molecule has 0 aliphatic carbocycles. The van der Waals surface area contributed by atoms with Gasteiger partial charge in [0.05, 0.1) is 17.9 Å². The molecule has 0 saturated carbocycles. The van der Waals surface area contributed by atoms with Crippen LogP contribution in [-0.2, 0) is 18.8 Å². The van der Waals surface area contributed by atoms with Gasteiger partial charge in [-0.15, -0.1) is 0 Å². The van der Waals surface area contributed by atoms with Crippen LogP contribution < -0.4 is 21.8 Å². The number of hydrogen-bond donors (Lipinski definition) is 3. The number of ether oxygens (including phenoxy) is 1. The molecule has 0 aliphatic heterocycles. The van der Waals surface area contributed by atoms with Gasteiger partial charge in [0.1, 0.15) is 11.4 Å². The summed E-state index contributed by atoms with van der Waals surface area (Å²) in [6.07, 6.45) is 0.656. The fourth-order valence-corrected chi connectivity index (χ4v) is 2.92. The second-order valence-corrected chi connectivity index (χ2v) is 7.14. The van der Waals surface area contributed by atoms with E-state index < -0.39 is 17.0 Å². The smallest absolute Gasteiger partial charge is 0.290 e. The van der Waals surface area contributed by atoms with Crippen LogP contribution >= 0.6 is 0 Å². The molecule has 164 valence electrons. The van der Waals surface area contributed by atoms with Crippen LogP contribution in [0.25, 0.3) is 0 Å². The molecule has 0 spiro atoms. The summed E-state index contributed by atoms with van der Waals surface area (Å²) in [5.41, 5.74) is -0.653. The van der Waals surface area contributed by atoms with Crippen molar-refractivity contribution in [1.29, 1.82) is 0 Å². The maximum absolute atomic E-state index is 12.9. The Kier molecular flexibility index (Phi) is 7.28. The molecule has 10 heteroatoms. The molecule has 2 aromatic rings. The lowest BCUT2D eigenvalue weighted by atomic mass is 10.1. The first-order valence-corrected chi connectivity index (χ1v) is 9.50. The molecule has 0 fully saturated rings. The molecule has 1 aromatic heterocycles. The van der Waals surface area contributed by atoms with Crippen LogP contribution in [0.3, 0.4) is 0 Å². The molecule has 1 amide bonds. The number of phenols is 1. The van der Waals surface area contributed by atoms with E-state index in [4.69, 9.17) is 4.74 Å². The number of benzene rings is 1. The van der Waals surface area contributed by atoms with Gasteiger partial charge in [0.15, 0.2) is 5.75 Å². The largest absolute Gasteiger partial charge is 0.505 e. The summed E-state index contributed by atoms with van der Waals surface area (Å²) in [5.74, 6) is -0.702. The van der Waals surface area contributed by atoms with Gasteiger partial charge in [0.25, 0.3) is 17.0 Å². The van der Waals surface area contributed by atoms with Crippen LogP contribution in [0, 0.1) is 0 Å². The lowest BCUT2D eigenvalue weighted by Gasteiger charge is -2.22. The van der Waals surface area contributed by atoms with Crippen molar-refractivity contribution in [3.05, 3.63) is 44.5 Å². The minimum absolute atomic E-state index is 0.0279. The average molecular weight is 419 g/mol. The lowest BCUT2D eigenvalue weighted by molar-refractivity contribution is 0.0824. The van der Waals surface area contributed by atoms with E-state index in [1.165, 1.54) is 40.5 Å². The summed E-state index contributed by atoms with van der Waals surface area (Å²) < 4.78 is 7.54. The predicted molar refractivity (Wildman–Crippen MR) is 116 cm³/mol. The zero-order chi connectivity index (χ0) is 22.6. The predicted octanol–water partition coefficient (Wildman–Crippen LogP) is 1.07. The molecule has 2 rings (SSSR count). The number of aromatic hydroxyl groups is 1. The van der Waals surface area contributed by atoms with E-state index in [9.17, 15) is 19.5 Å². The Labute approximate surface area is 174 Å². The SMILES string of the molecule is CC[C@H](COC)Nc1c(Nc2cccc(C(=O)N(C)C)c2O)c(=O)n(C)n(C)c1=O. The Bertz CT molecular complexity index is 1040. The van der Waals surface area contributed by atoms with Gasteiger partial charge in [-0.1, -0.05) is 13.0 Å². The van der Waals surface area contributed by atoms with Crippen LogP contribution in [0.1, 0.15) is 23.7 Å². The van der Waals surface area contributed by atoms with Gasteiger partial charge in [-0.2, -0.15) is 0 Å². The minimum atomic E-state index is -0.476. The maximum atomic E-state index is 12.9. The second-order valence-electron chi connectivity index (χ2n) is 7.14. The van der Waals surface area contributed by atoms with E-state index in [-0.39, 0.29) is 34.4 Å². The number of anilines is 3. The van der Waals surface area contributed by atoms with E-state index in [2.05, 4.69) is 10.6 Å². The van der Waals surface area contributed by atoms with Crippen molar-refractivity contribution in [2.45, 2.75) is 19.4 Å². The number of para-hydroxylation sites is 1. The summed E-state index contributed by atoms with van der Waals surface area (Å²) >= 11 is 0. The minimum Gasteiger partial charge on any atom is -0.505 e. The molecule has 0 saturated heterocycles. The summed E-state index contributed by atoms with van der Waals surface area (Å²) in [4.78, 5) is 39.5. The number of amides is 1. The first kappa shape index (κ1) is 23.0. The van der Waals surface area contributed by atoms with Crippen molar-refractivity contribution in [3.8, 4) is 5.75 Å². The molecule has 30 heavy (non-hydrogen) atoms. The van der Waals surface area contributed by atoms with Gasteiger partial charge in [-0.25, -0.2) is 9.36 Å². The number of aromatic nitrogens is 2. The molecule has 1 aromatic carbocycles. The number of methoxy groups -OCH3 is 1. The standard InChI is InChI=1S/C20H29N5O5/c1-7-12(11-30-6)21-15-16(20(29)25(5)24(4)19(15)28)22-14-10-8-9-13(17(14)26)18(27)23(2)3/h8-10,12,21-22,26H,7,11H2,1-6H3/t12-/m1/s1. The quantitative estimate of drug-likeness (QED) is 0.548. The second kappa shape index (κ2) is 9.49. The summed E-state index contributed by atoms with van der Waals surface area (Å²) in [6, 6.07) is 4.38. The number of hydrogen-bond acceptors (Lipinski definition) is 7. The van der Waals surface area contributed by atoms with E-state index >= 15 is 0 Å². The first-order chi connectivity index (χ1) is 14.1. The van der Waals surface area contributed by atoms with Crippen LogP contribution in [0.15, 0.2) is 27.8 Å². The summed E-state index contributed by atoms with van der Waals surface area (Å²) in [6.45, 7) is 2.27. The van der Waals surface area contributed by atoms with Gasteiger partial charge in [0, 0.05) is 41.3 Å². The van der Waals surface area contributed by atoms with Crippen molar-refractivity contribution in [3.63, 3.8) is 0 Å². The molecule has 0 bridgehead atoms. The number of carbonyl (C=O) groups excluding carboxylic acids is 1. The molecule has 0 radical (unpaired) electrons. The molecule has 0 unspecified atom stereocenters. The number of phenolic OH excluding ortho intramolecular Hbond substituents is 1. The third-order valence-electron chi connectivity index (χ3n) is 4.86. The van der Waals surface area contributed by atoms with Gasteiger partial charge >= 0.3 is 0 Å². The topological polar surface area (TPSA) is 118 Å². The Morgan fingerprint density at radius 3 is 2.30 bits per heavy atom. The van der Waals surface area contributed by atoms with Crippen LogP contribution in [0.4, 0.5) is 17.1 Å². The highest BCUT2D eigenvalue weighted by atomic mass is 16.5. The van der Waals surface area contributed by atoms with Gasteiger partial charge in [0.2, 0.25) is 0 Å². The number of rotatable bonds is 8. The maximum Gasteiger partial charge on any atom is 0.290 e. The van der Waals surface area contributed by atoms with E-state index in [1.807, 2.05) is 6.92 Å². The van der Waals surface area contributed by atoms with Crippen LogP contribution in [0.5, 0.6) is 5.75 Å². The number of carbonyl (C=O) groups is 1. The highest BCUT2D eigenvalue weighted by Gasteiger charge is 2.22. The fraction of sp³-hybridized carbons (Fsp3) is 0.450. The average Bonchev–Trinajstić information content (AvgIpc) is 2.72. The Hall–Kier alpha value is -3.27. The van der Waals surface area contributed by atoms with Crippen molar-refractivity contribution in [2.24, 2.45) is 14.1 Å². The highest BCUT2D eigenvalue weighted by Crippen LogP contribution is 2.31. The molecule has 1 atom stereocenters. The van der Waals surface area contributed by atoms with Gasteiger partial charge in [-0.05, 0) is 18.6 Å². The molecular weight excluding hydrogens is 390 g/mol. The van der Waals surface area contributed by atoms with Crippen LogP contribution in [-0.4, -0.2) is 59.1 Å². The summed E-state index contributed by atoms with van der Waals surface area (Å²) in [7, 11) is 7.65. The number of nitrogens with zero attached hydrogens (tertiary/aromatic N) is 3. The summed E-state index contributed by atoms with van der Waals surface area (Å²) in [5, 5.41) is 16.5. The zero-order valence-corrected chi connectivity index (χ0v) is 18.1. The van der Waals surface area contributed by atoms with E-state index in [0.717, 1.165) is 0 Å². The molecular formula is C20H29N5O5. The monoisotopic (exact) mass is 419 g/mol. The highest BCUT2D eigenvalue weighted by molar-refractivity contribution is 5.98. The number of nitrogens with one attached hydrogen (secondary N) is 2. The lowest BCUT2D eigenvalue weighted by Crippen LogP contribution is -2.40. The van der Waals surface area contributed by atoms with Crippen molar-refractivity contribution in [2.75, 3.05) is 38.4 Å². The van der Waals surface area contributed by atoms with Gasteiger partial charge in [-0.3, -0.25) is 14.4 Å². The van der Waals surface area contributed by atoms with Crippen molar-refractivity contribution >= 4 is 23.0 Å². The van der Waals surface area contributed by atoms with E-state index in [0.29, 0.717) is 13.0 Å². The fourth-order valence-electron chi connectivity index (χ4n) is 2.92. The molecule has 1 heterocycles. The Balaban J connectivity index is 2.62. The van der Waals surface area contributed by atoms with Crippen LogP contribution in [0.2, 0.25) is 0 Å². The van der Waals surface area contributed by atoms with Crippen molar-refractivity contribution in [1.82, 2.24) is 14.3 Å². The normalized spacial score (nSPS) is 11.8. The van der Waals surface area contributed by atoms with Crippen molar-refractivity contribution < 1.29 is 14.6 Å². The zero-order valence-electron chi connectivity index (χ0n) is 18.1. The van der Waals surface area contributed by atoms with Gasteiger partial charge < -0.3 is 25.4 Å². The van der Waals surface area contributed by atoms with E-state index in [1.54, 1.807) is 27.3 Å². The Morgan fingerprint density at radius 2 is 1.77 bits per heavy atom. The first-order valence-electron chi connectivity index (χ1n) is 9.50. The molecule has 0 aliphatic rings. The third-order valence-corrected chi connectivity index (χ3v) is 4.86. The Morgan fingerprint density at radius 1 is 1.17 bits per heavy atom. The molecule has 3 N–H and O–H groups in total.